The second-order valence-electron chi connectivity index (χ2n) is 7.27. The van der Waals surface area contributed by atoms with E-state index in [9.17, 15) is 29.9 Å². The lowest BCUT2D eigenvalue weighted by atomic mass is 10.0. The molecule has 2 heterocycles. The molecule has 1 fully saturated rings. The highest BCUT2D eigenvalue weighted by Gasteiger charge is 2.43. The normalized spacial score (nSPS) is 20.3. The van der Waals surface area contributed by atoms with Crippen LogP contribution in [-0.2, 0) is 4.74 Å². The van der Waals surface area contributed by atoms with Crippen molar-refractivity contribution in [3.05, 3.63) is 112 Å². The van der Waals surface area contributed by atoms with Crippen molar-refractivity contribution in [2.24, 2.45) is 0 Å². The number of ketones is 1. The molecule has 0 aliphatic carbocycles. The van der Waals surface area contributed by atoms with Gasteiger partial charge in [0, 0.05) is 29.5 Å². The third-order valence-corrected chi connectivity index (χ3v) is 5.02. The van der Waals surface area contributed by atoms with Crippen LogP contribution in [0.3, 0.4) is 0 Å². The SMILES string of the molecule is C=C.Nc1ccn([C@@H]2O[C@H](CO)[C@@H](O)[C@H]2O)c(=O)n1.O=C(c1ccccc1)c1ccc([N+](=O)[O-])cc1. The van der Waals surface area contributed by atoms with E-state index in [2.05, 4.69) is 18.1 Å². The number of anilines is 1. The molecule has 2 aromatic carbocycles. The minimum Gasteiger partial charge on any atom is -0.394 e. The number of aliphatic hydroxyl groups is 3. The Balaban J connectivity index is 0.000000237. The Hall–Kier alpha value is -4.23. The average Bonchev–Trinajstić information content (AvgIpc) is 3.19. The van der Waals surface area contributed by atoms with Crippen molar-refractivity contribution in [3.63, 3.8) is 0 Å². The molecule has 4 rings (SSSR count). The van der Waals surface area contributed by atoms with E-state index in [1.165, 1.54) is 36.5 Å². The minimum atomic E-state index is -1.31. The van der Waals surface area contributed by atoms with Gasteiger partial charge in [-0.25, -0.2) is 4.79 Å². The van der Waals surface area contributed by atoms with E-state index in [1.54, 1.807) is 24.3 Å². The van der Waals surface area contributed by atoms with E-state index >= 15 is 0 Å². The number of nitrogens with two attached hydrogens (primary N) is 1. The molecule has 190 valence electrons. The Kier molecular flexibility index (Phi) is 10.1. The summed E-state index contributed by atoms with van der Waals surface area (Å²) in [4.78, 5) is 36.9. The van der Waals surface area contributed by atoms with Gasteiger partial charge in [-0.2, -0.15) is 4.98 Å². The van der Waals surface area contributed by atoms with Crippen molar-refractivity contribution >= 4 is 17.3 Å². The molecule has 1 saturated heterocycles. The van der Waals surface area contributed by atoms with Crippen molar-refractivity contribution in [3.8, 4) is 0 Å². The average molecular weight is 498 g/mol. The van der Waals surface area contributed by atoms with Crippen LogP contribution in [0.15, 0.2) is 84.8 Å². The van der Waals surface area contributed by atoms with Crippen LogP contribution in [0, 0.1) is 10.1 Å². The lowest BCUT2D eigenvalue weighted by Gasteiger charge is -2.16. The van der Waals surface area contributed by atoms with Gasteiger partial charge >= 0.3 is 5.69 Å². The summed E-state index contributed by atoms with van der Waals surface area (Å²) >= 11 is 0. The lowest BCUT2D eigenvalue weighted by molar-refractivity contribution is -0.384. The monoisotopic (exact) mass is 498 g/mol. The maximum atomic E-state index is 12.0. The highest BCUT2D eigenvalue weighted by atomic mass is 16.6. The number of nitrogen functional groups attached to an aromatic ring is 1. The zero-order valence-electron chi connectivity index (χ0n) is 19.1. The summed E-state index contributed by atoms with van der Waals surface area (Å²) in [5, 5.41) is 38.6. The summed E-state index contributed by atoms with van der Waals surface area (Å²) in [6.07, 6.45) is -3.27. The van der Waals surface area contributed by atoms with Crippen molar-refractivity contribution in [1.82, 2.24) is 9.55 Å². The zero-order valence-corrected chi connectivity index (χ0v) is 19.1. The first-order valence-corrected chi connectivity index (χ1v) is 10.5. The molecule has 0 bridgehead atoms. The summed E-state index contributed by atoms with van der Waals surface area (Å²) < 4.78 is 6.19. The number of carbonyl (C=O) groups is 1. The van der Waals surface area contributed by atoms with E-state index in [0.29, 0.717) is 11.1 Å². The van der Waals surface area contributed by atoms with Gasteiger partial charge in [0.25, 0.3) is 5.69 Å². The van der Waals surface area contributed by atoms with E-state index in [0.717, 1.165) is 4.57 Å². The number of rotatable bonds is 5. The fourth-order valence-electron chi connectivity index (χ4n) is 3.22. The number of carbonyl (C=O) groups excluding carboxylic acids is 1. The molecule has 1 aliphatic rings. The number of nitrogens with zero attached hydrogens (tertiary/aromatic N) is 3. The molecule has 12 nitrogen and oxygen atoms in total. The fourth-order valence-corrected chi connectivity index (χ4v) is 3.22. The van der Waals surface area contributed by atoms with Gasteiger partial charge in [-0.15, -0.1) is 13.2 Å². The van der Waals surface area contributed by atoms with Crippen molar-refractivity contribution < 1.29 is 29.8 Å². The second-order valence-corrected chi connectivity index (χ2v) is 7.27. The highest BCUT2D eigenvalue weighted by molar-refractivity contribution is 6.09. The van der Waals surface area contributed by atoms with Gasteiger partial charge in [0.05, 0.1) is 11.5 Å². The number of hydrogen-bond acceptors (Lipinski definition) is 10. The van der Waals surface area contributed by atoms with E-state index in [-0.39, 0.29) is 17.3 Å². The van der Waals surface area contributed by atoms with E-state index in [4.69, 9.17) is 15.6 Å². The molecular weight excluding hydrogens is 472 g/mol. The third-order valence-electron chi connectivity index (χ3n) is 5.02. The van der Waals surface area contributed by atoms with Crippen LogP contribution >= 0.6 is 0 Å². The van der Waals surface area contributed by atoms with Gasteiger partial charge in [0.15, 0.2) is 12.0 Å². The molecule has 0 amide bonds. The van der Waals surface area contributed by atoms with Gasteiger partial charge in [0.2, 0.25) is 0 Å². The van der Waals surface area contributed by atoms with Crippen molar-refractivity contribution in [2.75, 3.05) is 12.3 Å². The Labute approximate surface area is 205 Å². The quantitative estimate of drug-likeness (QED) is 0.171. The van der Waals surface area contributed by atoms with Gasteiger partial charge in [-0.3, -0.25) is 19.5 Å². The predicted octanol–water partition coefficient (Wildman–Crippen LogP) is 1.07. The van der Waals surface area contributed by atoms with Crippen molar-refractivity contribution in [2.45, 2.75) is 24.5 Å². The first-order chi connectivity index (χ1) is 17.2. The van der Waals surface area contributed by atoms with Gasteiger partial charge in [-0.1, -0.05) is 30.3 Å². The number of hydrogen-bond donors (Lipinski definition) is 4. The molecule has 3 aromatic rings. The van der Waals surface area contributed by atoms with Gasteiger partial charge in [0.1, 0.15) is 24.1 Å². The van der Waals surface area contributed by atoms with Crippen LogP contribution in [0.4, 0.5) is 11.5 Å². The Morgan fingerprint density at radius 3 is 2.14 bits per heavy atom. The number of non-ortho nitro benzene ring substituents is 1. The molecule has 4 atom stereocenters. The van der Waals surface area contributed by atoms with Gasteiger partial charge in [-0.05, 0) is 18.2 Å². The predicted molar refractivity (Wildman–Crippen MR) is 130 cm³/mol. The molecule has 0 unspecified atom stereocenters. The zero-order chi connectivity index (χ0) is 26.8. The van der Waals surface area contributed by atoms with Crippen LogP contribution in [0.1, 0.15) is 22.1 Å². The molecule has 5 N–H and O–H groups in total. The first kappa shape index (κ1) is 28.0. The maximum Gasteiger partial charge on any atom is 0.351 e. The topological polar surface area (TPSA) is 191 Å². The van der Waals surface area contributed by atoms with E-state index in [1.807, 2.05) is 6.07 Å². The van der Waals surface area contributed by atoms with Crippen LogP contribution in [-0.4, -0.2) is 60.5 Å². The maximum absolute atomic E-state index is 12.0. The lowest BCUT2D eigenvalue weighted by Crippen LogP contribution is -2.36. The first-order valence-electron chi connectivity index (χ1n) is 10.5. The summed E-state index contributed by atoms with van der Waals surface area (Å²) in [5.41, 5.74) is 5.63. The number of aliphatic hydroxyl groups excluding tert-OH is 3. The molecular formula is C24H26N4O8. The fraction of sp³-hybridized carbons (Fsp3) is 0.208. The Morgan fingerprint density at radius 1 is 1.06 bits per heavy atom. The van der Waals surface area contributed by atoms with E-state index < -0.39 is 41.8 Å². The number of nitro benzene ring substituents is 1. The molecule has 12 heteroatoms. The van der Waals surface area contributed by atoms with Crippen LogP contribution in [0.5, 0.6) is 0 Å². The molecule has 1 aromatic heterocycles. The number of benzene rings is 2. The van der Waals surface area contributed by atoms with Crippen LogP contribution in [0.25, 0.3) is 0 Å². The van der Waals surface area contributed by atoms with Crippen molar-refractivity contribution in [1.29, 1.82) is 0 Å². The summed E-state index contributed by atoms with van der Waals surface area (Å²) in [6, 6.07) is 15.8. The smallest absolute Gasteiger partial charge is 0.351 e. The van der Waals surface area contributed by atoms with Crippen LogP contribution < -0.4 is 11.4 Å². The molecule has 0 spiro atoms. The largest absolute Gasteiger partial charge is 0.394 e. The van der Waals surface area contributed by atoms with Crippen LogP contribution in [0.2, 0.25) is 0 Å². The number of ether oxygens (including phenoxy) is 1. The summed E-state index contributed by atoms with van der Waals surface area (Å²) in [7, 11) is 0. The molecule has 0 radical (unpaired) electrons. The summed E-state index contributed by atoms with van der Waals surface area (Å²) in [6.45, 7) is 5.55. The molecule has 36 heavy (non-hydrogen) atoms. The van der Waals surface area contributed by atoms with Gasteiger partial charge < -0.3 is 25.8 Å². The molecule has 1 aliphatic heterocycles. The third kappa shape index (κ3) is 6.67. The number of nitro groups is 1. The Morgan fingerprint density at radius 2 is 1.64 bits per heavy atom. The summed E-state index contributed by atoms with van der Waals surface area (Å²) in [5.74, 6) is -0.0847. The molecule has 0 saturated carbocycles. The highest BCUT2D eigenvalue weighted by Crippen LogP contribution is 2.27. The second kappa shape index (κ2) is 13.0. The Bertz CT molecular complexity index is 1220. The standard InChI is InChI=1S/C13H9NO3.C9H13N3O5.C2H4/c15-13(10-4-2-1-3-5-10)11-6-8-12(9-7-11)14(16)17;10-5-1-2-12(9(16)11-5)8-7(15)6(14)4(3-13)17-8;1-2/h1-9H;1-2,4,6-8,13-15H,3H2,(H2,10,11,16);1-2H2/t;4-,6-,7-,8-;/m.1./s1. The minimum absolute atomic E-state index is 0.0189. The number of aromatic nitrogens is 2.